The Balaban J connectivity index is 1.81. The van der Waals surface area contributed by atoms with E-state index in [0.717, 1.165) is 13.0 Å². The lowest BCUT2D eigenvalue weighted by molar-refractivity contribution is -0.904. The van der Waals surface area contributed by atoms with Gasteiger partial charge in [0.2, 0.25) is 5.88 Å². The van der Waals surface area contributed by atoms with E-state index in [1.807, 2.05) is 0 Å². The van der Waals surface area contributed by atoms with Crippen LogP contribution in [0.15, 0.2) is 9.79 Å². The molecule has 0 radical (unpaired) electrons. The van der Waals surface area contributed by atoms with Crippen LogP contribution in [-0.4, -0.2) is 47.5 Å². The number of nitrogens with one attached hydrogen (secondary N) is 3. The van der Waals surface area contributed by atoms with E-state index in [1.54, 1.807) is 4.90 Å². The lowest BCUT2D eigenvalue weighted by atomic mass is 10.1. The molecule has 0 spiro atoms. The maximum absolute atomic E-state index is 11.6. The van der Waals surface area contributed by atoms with E-state index < -0.39 is 5.56 Å². The topological polar surface area (TPSA) is 85.7 Å². The zero-order valence-corrected chi connectivity index (χ0v) is 12.3. The molecular weight excluding hydrogens is 276 g/mol. The maximum Gasteiger partial charge on any atom is 0.264 e. The Hall–Kier alpha value is -1.47. The molecule has 1 fully saturated rings. The van der Waals surface area contributed by atoms with E-state index in [2.05, 4.69) is 15.0 Å². The van der Waals surface area contributed by atoms with Crippen LogP contribution in [0.4, 0.5) is 0 Å². The number of aliphatic imine (C=N–C) groups is 1. The molecule has 1 aliphatic rings. The molecule has 0 unspecified atom stereocenters. The molecule has 0 bridgehead atoms. The average Bonchev–Trinajstić information content (AvgIpc) is 2.42. The molecule has 0 aliphatic carbocycles. The van der Waals surface area contributed by atoms with Crippen molar-refractivity contribution in [3.63, 3.8) is 0 Å². The Morgan fingerprint density at radius 2 is 2.05 bits per heavy atom. The minimum absolute atomic E-state index is 0.110. The summed E-state index contributed by atoms with van der Waals surface area (Å²) in [6, 6.07) is 0. The highest BCUT2D eigenvalue weighted by atomic mass is 32.1. The average molecular weight is 297 g/mol. The second kappa shape index (κ2) is 7.35. The summed E-state index contributed by atoms with van der Waals surface area (Å²) in [6.45, 7) is 4.31. The van der Waals surface area contributed by atoms with Crippen LogP contribution < -0.4 is 10.5 Å². The smallest absolute Gasteiger partial charge is 0.264 e. The first-order chi connectivity index (χ1) is 9.66. The van der Waals surface area contributed by atoms with Gasteiger partial charge in [-0.15, -0.1) is 0 Å². The van der Waals surface area contributed by atoms with E-state index in [4.69, 9.17) is 12.2 Å². The molecule has 2 heterocycles. The first-order valence-corrected chi connectivity index (χ1v) is 7.46. The van der Waals surface area contributed by atoms with Gasteiger partial charge in [-0.25, -0.2) is 0 Å². The molecule has 20 heavy (non-hydrogen) atoms. The Morgan fingerprint density at radius 1 is 1.30 bits per heavy atom. The van der Waals surface area contributed by atoms with Crippen molar-refractivity contribution in [3.8, 4) is 5.88 Å². The van der Waals surface area contributed by atoms with Gasteiger partial charge in [-0.2, -0.15) is 0 Å². The molecule has 7 heteroatoms. The van der Waals surface area contributed by atoms with Gasteiger partial charge < -0.3 is 15.0 Å². The number of piperidine rings is 1. The number of rotatable bonds is 5. The quantitative estimate of drug-likeness (QED) is 0.351. The lowest BCUT2D eigenvalue weighted by Gasteiger charge is -2.22. The number of quaternary nitrogens is 1. The van der Waals surface area contributed by atoms with Crippen molar-refractivity contribution in [2.75, 3.05) is 26.2 Å². The summed E-state index contributed by atoms with van der Waals surface area (Å²) in [5, 5.41) is 9.59. The molecule has 1 aromatic heterocycles. The summed E-state index contributed by atoms with van der Waals surface area (Å²) in [5.74, 6) is -0.232. The number of H-pyrrole nitrogens is 2. The number of hydrogen-bond acceptors (Lipinski definition) is 4. The van der Waals surface area contributed by atoms with Crippen molar-refractivity contribution < 1.29 is 10.0 Å². The minimum Gasteiger partial charge on any atom is -0.494 e. The molecule has 0 saturated carbocycles. The van der Waals surface area contributed by atoms with Crippen LogP contribution in [0.1, 0.15) is 31.2 Å². The van der Waals surface area contributed by atoms with Gasteiger partial charge in [-0.1, -0.05) is 0 Å². The highest BCUT2D eigenvalue weighted by Crippen LogP contribution is 2.03. The summed E-state index contributed by atoms with van der Waals surface area (Å²) >= 11 is 4.75. The number of aromatic amines is 2. The van der Waals surface area contributed by atoms with Gasteiger partial charge >= 0.3 is 0 Å². The van der Waals surface area contributed by atoms with Gasteiger partial charge in [0, 0.05) is 19.2 Å². The van der Waals surface area contributed by atoms with Gasteiger partial charge in [0.15, 0.2) is 4.77 Å². The molecule has 0 atom stereocenters. The molecule has 1 saturated heterocycles. The van der Waals surface area contributed by atoms with Crippen LogP contribution in [0.3, 0.4) is 0 Å². The van der Waals surface area contributed by atoms with Crippen LogP contribution in [0.25, 0.3) is 0 Å². The zero-order valence-electron chi connectivity index (χ0n) is 11.4. The number of nitrogens with zero attached hydrogens (tertiary/aromatic N) is 1. The van der Waals surface area contributed by atoms with E-state index in [1.165, 1.54) is 38.6 Å². The summed E-state index contributed by atoms with van der Waals surface area (Å²) in [4.78, 5) is 22.3. The number of aromatic nitrogens is 2. The lowest BCUT2D eigenvalue weighted by Crippen LogP contribution is -3.12. The van der Waals surface area contributed by atoms with Gasteiger partial charge in [0.25, 0.3) is 5.56 Å². The van der Waals surface area contributed by atoms with E-state index in [9.17, 15) is 9.90 Å². The molecule has 0 amide bonds. The predicted octanol–water partition coefficient (Wildman–Crippen LogP) is 0.0159. The number of hydrogen-bond donors (Lipinski definition) is 4. The van der Waals surface area contributed by atoms with Crippen LogP contribution in [0.5, 0.6) is 5.88 Å². The Morgan fingerprint density at radius 3 is 2.75 bits per heavy atom. The fourth-order valence-electron chi connectivity index (χ4n) is 2.48. The summed E-state index contributed by atoms with van der Waals surface area (Å²) in [6.07, 6.45) is 6.41. The molecule has 6 nitrogen and oxygen atoms in total. The fourth-order valence-corrected chi connectivity index (χ4v) is 2.67. The zero-order chi connectivity index (χ0) is 14.4. The SMILES string of the molecule is O=c1[nH]c(=S)[nH]c(O)c1C=NCCC[NH+]1CCCCC1. The minimum atomic E-state index is -0.420. The van der Waals surface area contributed by atoms with Crippen molar-refractivity contribution in [3.05, 3.63) is 20.7 Å². The Kier molecular flexibility index (Phi) is 5.49. The van der Waals surface area contributed by atoms with Crippen LogP contribution in [-0.2, 0) is 0 Å². The first kappa shape index (κ1) is 14.9. The number of aromatic hydroxyl groups is 1. The van der Waals surface area contributed by atoms with Crippen LogP contribution in [0.2, 0.25) is 0 Å². The molecule has 1 aliphatic heterocycles. The van der Waals surface area contributed by atoms with Crippen LogP contribution in [0, 0.1) is 4.77 Å². The maximum atomic E-state index is 11.6. The second-order valence-corrected chi connectivity index (χ2v) is 5.53. The second-order valence-electron chi connectivity index (χ2n) is 5.12. The normalized spacial score (nSPS) is 16.8. The van der Waals surface area contributed by atoms with Gasteiger partial charge in [-0.05, 0) is 31.5 Å². The van der Waals surface area contributed by atoms with Gasteiger partial charge in [0.1, 0.15) is 5.56 Å². The predicted molar refractivity (Wildman–Crippen MR) is 80.4 cm³/mol. The van der Waals surface area contributed by atoms with Crippen LogP contribution >= 0.6 is 12.2 Å². The summed E-state index contributed by atoms with van der Waals surface area (Å²) < 4.78 is 0.110. The molecule has 2 rings (SSSR count). The van der Waals surface area contributed by atoms with Gasteiger partial charge in [-0.3, -0.25) is 14.8 Å². The highest BCUT2D eigenvalue weighted by Gasteiger charge is 2.12. The third-order valence-electron chi connectivity index (χ3n) is 3.56. The molecular formula is C13H21N4O2S+. The number of likely N-dealkylation sites (tertiary alicyclic amines) is 1. The summed E-state index contributed by atoms with van der Waals surface area (Å²) in [5.41, 5.74) is -0.291. The van der Waals surface area contributed by atoms with Crippen molar-refractivity contribution in [1.29, 1.82) is 0 Å². The molecule has 4 N–H and O–H groups in total. The molecule has 110 valence electrons. The highest BCUT2D eigenvalue weighted by molar-refractivity contribution is 7.71. The van der Waals surface area contributed by atoms with Crippen molar-refractivity contribution >= 4 is 18.4 Å². The largest absolute Gasteiger partial charge is 0.494 e. The Bertz CT molecular complexity index is 572. The monoisotopic (exact) mass is 297 g/mol. The van der Waals surface area contributed by atoms with E-state index in [-0.39, 0.29) is 16.2 Å². The molecule has 1 aromatic rings. The Labute approximate surface area is 122 Å². The molecule has 0 aromatic carbocycles. The van der Waals surface area contributed by atoms with Crippen molar-refractivity contribution in [2.45, 2.75) is 25.7 Å². The van der Waals surface area contributed by atoms with Crippen molar-refractivity contribution in [2.24, 2.45) is 4.99 Å². The first-order valence-electron chi connectivity index (χ1n) is 7.06. The van der Waals surface area contributed by atoms with Gasteiger partial charge in [0.05, 0.1) is 19.6 Å². The fraction of sp³-hybridized carbons (Fsp3) is 0.615. The van der Waals surface area contributed by atoms with E-state index in [0.29, 0.717) is 6.54 Å². The third kappa shape index (κ3) is 4.28. The van der Waals surface area contributed by atoms with E-state index >= 15 is 0 Å². The third-order valence-corrected chi connectivity index (χ3v) is 3.76. The summed E-state index contributed by atoms with van der Waals surface area (Å²) in [7, 11) is 0. The standard InChI is InChI=1S/C13H20N4O2S/c18-11-10(12(19)16-13(20)15-11)9-14-5-4-8-17-6-2-1-3-7-17/h9H,1-8H2,(H3,15,16,18,19,20)/p+1. The van der Waals surface area contributed by atoms with Crippen molar-refractivity contribution in [1.82, 2.24) is 9.97 Å².